The van der Waals surface area contributed by atoms with E-state index >= 15 is 0 Å². The fourth-order valence-corrected chi connectivity index (χ4v) is 1.14. The van der Waals surface area contributed by atoms with Crippen LogP contribution in [-0.2, 0) is 0 Å². The normalized spacial score (nSPS) is 10.9. The topological polar surface area (TPSA) is 33.0 Å². The summed E-state index contributed by atoms with van der Waals surface area (Å²) in [6.45, 7) is 1.30. The zero-order valence-electron chi connectivity index (χ0n) is 8.64. The summed E-state index contributed by atoms with van der Waals surface area (Å²) in [5.74, 6) is 0.348. The average Bonchev–Trinajstić information content (AvgIpc) is 2.16. The van der Waals surface area contributed by atoms with Crippen LogP contribution in [0.1, 0.15) is 17.5 Å². The molecular formula is C11H10F3NO. The van der Waals surface area contributed by atoms with Gasteiger partial charge in [-0.15, -0.1) is 0 Å². The molecule has 0 fully saturated rings. The van der Waals surface area contributed by atoms with Gasteiger partial charge in [-0.25, -0.2) is 0 Å². The molecule has 0 amide bonds. The van der Waals surface area contributed by atoms with Crippen molar-refractivity contribution < 1.29 is 17.9 Å². The first kappa shape index (κ1) is 12.4. The molecule has 0 saturated carbocycles. The van der Waals surface area contributed by atoms with Gasteiger partial charge in [-0.2, -0.15) is 18.4 Å². The molecule has 0 radical (unpaired) electrons. The Bertz CT molecular complexity index is 407. The third-order valence-corrected chi connectivity index (χ3v) is 1.97. The SMILES string of the molecule is Cc1cc(OCCC(F)(F)F)ccc1C#N. The quantitative estimate of drug-likeness (QED) is 0.797. The number of alkyl halides is 3. The van der Waals surface area contributed by atoms with Crippen LogP contribution in [0.25, 0.3) is 0 Å². The van der Waals surface area contributed by atoms with E-state index in [-0.39, 0.29) is 0 Å². The van der Waals surface area contributed by atoms with Crippen molar-refractivity contribution in [1.29, 1.82) is 5.26 Å². The zero-order valence-corrected chi connectivity index (χ0v) is 8.64. The molecule has 1 rings (SSSR count). The van der Waals surface area contributed by atoms with E-state index in [1.54, 1.807) is 13.0 Å². The third-order valence-electron chi connectivity index (χ3n) is 1.97. The summed E-state index contributed by atoms with van der Waals surface area (Å²) in [5.41, 5.74) is 1.18. The molecule has 1 aromatic rings. The molecule has 0 N–H and O–H groups in total. The molecule has 0 saturated heterocycles. The van der Waals surface area contributed by atoms with Crippen LogP contribution in [0, 0.1) is 18.3 Å². The van der Waals surface area contributed by atoms with Crippen molar-refractivity contribution >= 4 is 0 Å². The number of aryl methyl sites for hydroxylation is 1. The summed E-state index contributed by atoms with van der Waals surface area (Å²) in [6, 6.07) is 6.53. The summed E-state index contributed by atoms with van der Waals surface area (Å²) in [6.07, 6.45) is -5.19. The standard InChI is InChI=1S/C11H10F3NO/c1-8-6-10(3-2-9(8)7-15)16-5-4-11(12,13)14/h2-3,6H,4-5H2,1H3. The van der Waals surface area contributed by atoms with Crippen molar-refractivity contribution in [1.82, 2.24) is 0 Å². The van der Waals surface area contributed by atoms with Crippen LogP contribution < -0.4 is 4.74 Å². The smallest absolute Gasteiger partial charge is 0.392 e. The van der Waals surface area contributed by atoms with Crippen LogP contribution in [-0.4, -0.2) is 12.8 Å². The molecular weight excluding hydrogens is 219 g/mol. The minimum Gasteiger partial charge on any atom is -0.493 e. The first-order chi connectivity index (χ1) is 7.42. The predicted octanol–water partition coefficient (Wildman–Crippen LogP) is 3.20. The second kappa shape index (κ2) is 4.88. The first-order valence-corrected chi connectivity index (χ1v) is 4.62. The Morgan fingerprint density at radius 3 is 2.56 bits per heavy atom. The highest BCUT2D eigenvalue weighted by Crippen LogP contribution is 2.21. The van der Waals surface area contributed by atoms with Gasteiger partial charge in [0.1, 0.15) is 5.75 Å². The Labute approximate surface area is 91.3 Å². The van der Waals surface area contributed by atoms with E-state index in [0.717, 1.165) is 0 Å². The van der Waals surface area contributed by atoms with Gasteiger partial charge in [0.25, 0.3) is 0 Å². The number of nitrogens with zero attached hydrogens (tertiary/aromatic N) is 1. The van der Waals surface area contributed by atoms with Crippen LogP contribution in [0.5, 0.6) is 5.75 Å². The monoisotopic (exact) mass is 229 g/mol. The van der Waals surface area contributed by atoms with Crippen LogP contribution in [0.15, 0.2) is 18.2 Å². The van der Waals surface area contributed by atoms with Crippen molar-refractivity contribution in [3.8, 4) is 11.8 Å². The van der Waals surface area contributed by atoms with Gasteiger partial charge in [-0.05, 0) is 30.7 Å². The van der Waals surface area contributed by atoms with Gasteiger partial charge in [0.05, 0.1) is 24.7 Å². The van der Waals surface area contributed by atoms with Crippen molar-refractivity contribution in [2.24, 2.45) is 0 Å². The molecule has 0 aliphatic carbocycles. The van der Waals surface area contributed by atoms with Gasteiger partial charge in [0.2, 0.25) is 0 Å². The Hall–Kier alpha value is -1.70. The molecule has 0 spiro atoms. The molecule has 16 heavy (non-hydrogen) atoms. The lowest BCUT2D eigenvalue weighted by molar-refractivity contribution is -0.139. The lowest BCUT2D eigenvalue weighted by Gasteiger charge is -2.09. The molecule has 0 bridgehead atoms. The van der Waals surface area contributed by atoms with Crippen LogP contribution in [0.2, 0.25) is 0 Å². The Morgan fingerprint density at radius 2 is 2.06 bits per heavy atom. The molecule has 0 atom stereocenters. The molecule has 0 unspecified atom stereocenters. The maximum absolute atomic E-state index is 11.8. The molecule has 2 nitrogen and oxygen atoms in total. The average molecular weight is 229 g/mol. The molecule has 86 valence electrons. The van der Waals surface area contributed by atoms with E-state index in [2.05, 4.69) is 0 Å². The van der Waals surface area contributed by atoms with Crippen molar-refractivity contribution in [3.05, 3.63) is 29.3 Å². The molecule has 0 heterocycles. The summed E-state index contributed by atoms with van der Waals surface area (Å²) >= 11 is 0. The van der Waals surface area contributed by atoms with E-state index in [1.807, 2.05) is 6.07 Å². The number of nitriles is 1. The fourth-order valence-electron chi connectivity index (χ4n) is 1.14. The van der Waals surface area contributed by atoms with Gasteiger partial charge < -0.3 is 4.74 Å². The van der Waals surface area contributed by atoms with Crippen LogP contribution >= 0.6 is 0 Å². The minimum absolute atomic E-state index is 0.348. The minimum atomic E-state index is -4.21. The lowest BCUT2D eigenvalue weighted by atomic mass is 10.1. The zero-order chi connectivity index (χ0) is 12.2. The maximum Gasteiger partial charge on any atom is 0.392 e. The lowest BCUT2D eigenvalue weighted by Crippen LogP contribution is -2.13. The molecule has 1 aromatic carbocycles. The van der Waals surface area contributed by atoms with Crippen molar-refractivity contribution in [3.63, 3.8) is 0 Å². The predicted molar refractivity (Wildman–Crippen MR) is 52.1 cm³/mol. The van der Waals surface area contributed by atoms with Gasteiger partial charge in [-0.3, -0.25) is 0 Å². The number of ether oxygens (including phenoxy) is 1. The number of rotatable bonds is 3. The number of benzene rings is 1. The van der Waals surface area contributed by atoms with Crippen molar-refractivity contribution in [2.45, 2.75) is 19.5 Å². The van der Waals surface area contributed by atoms with Gasteiger partial charge in [0.15, 0.2) is 0 Å². The van der Waals surface area contributed by atoms with Gasteiger partial charge in [-0.1, -0.05) is 0 Å². The summed E-state index contributed by atoms with van der Waals surface area (Å²) in [4.78, 5) is 0. The Morgan fingerprint density at radius 1 is 1.38 bits per heavy atom. The second-order valence-electron chi connectivity index (χ2n) is 3.30. The van der Waals surface area contributed by atoms with Crippen LogP contribution in [0.3, 0.4) is 0 Å². The molecule has 5 heteroatoms. The van der Waals surface area contributed by atoms with Crippen molar-refractivity contribution in [2.75, 3.05) is 6.61 Å². The van der Waals surface area contributed by atoms with E-state index < -0.39 is 19.2 Å². The Balaban J connectivity index is 2.57. The molecule has 0 aliphatic heterocycles. The largest absolute Gasteiger partial charge is 0.493 e. The summed E-state index contributed by atoms with van der Waals surface area (Å²) in [5, 5.41) is 8.65. The van der Waals surface area contributed by atoms with Gasteiger partial charge >= 0.3 is 6.18 Å². The highest BCUT2D eigenvalue weighted by molar-refractivity contribution is 5.41. The van der Waals surface area contributed by atoms with Crippen LogP contribution in [0.4, 0.5) is 13.2 Å². The number of hydrogen-bond acceptors (Lipinski definition) is 2. The molecule has 0 aromatic heterocycles. The number of hydrogen-bond donors (Lipinski definition) is 0. The first-order valence-electron chi connectivity index (χ1n) is 4.62. The van der Waals surface area contributed by atoms with E-state index in [1.165, 1.54) is 12.1 Å². The number of halogens is 3. The summed E-state index contributed by atoms with van der Waals surface area (Å²) < 4.78 is 40.4. The van der Waals surface area contributed by atoms with Gasteiger partial charge in [0, 0.05) is 0 Å². The second-order valence-corrected chi connectivity index (χ2v) is 3.30. The summed E-state index contributed by atoms with van der Waals surface area (Å²) in [7, 11) is 0. The van der Waals surface area contributed by atoms with E-state index in [4.69, 9.17) is 10.00 Å². The Kier molecular flexibility index (Phi) is 3.78. The fraction of sp³-hybridized carbons (Fsp3) is 0.364. The third kappa shape index (κ3) is 3.81. The highest BCUT2D eigenvalue weighted by atomic mass is 19.4. The molecule has 0 aliphatic rings. The van der Waals surface area contributed by atoms with E-state index in [0.29, 0.717) is 16.9 Å². The maximum atomic E-state index is 11.8. The highest BCUT2D eigenvalue weighted by Gasteiger charge is 2.26. The van der Waals surface area contributed by atoms with E-state index in [9.17, 15) is 13.2 Å².